The lowest BCUT2D eigenvalue weighted by molar-refractivity contribution is -0.123. The molecular weight excluding hydrogens is 523 g/mol. The van der Waals surface area contributed by atoms with E-state index in [-0.39, 0.29) is 27.3 Å². The topological polar surface area (TPSA) is 67.9 Å². The number of hydrazine groups is 1. The number of carbonyl (C=O) groups excluding carboxylic acids is 2. The second-order valence-corrected chi connectivity index (χ2v) is 9.81. The van der Waals surface area contributed by atoms with Gasteiger partial charge in [0.1, 0.15) is 12.4 Å². The van der Waals surface area contributed by atoms with Gasteiger partial charge in [0.2, 0.25) is 0 Å². The Morgan fingerprint density at radius 3 is 2.67 bits per heavy atom. The number of benzene rings is 3. The summed E-state index contributed by atoms with van der Waals surface area (Å²) in [4.78, 5) is 25.9. The normalized spacial score (nSPS) is 14.3. The van der Waals surface area contributed by atoms with Crippen molar-refractivity contribution in [1.29, 1.82) is 0 Å². The molecule has 0 aliphatic carbocycles. The molecule has 1 aliphatic rings. The number of hydrogen-bond acceptors (Lipinski definition) is 6. The van der Waals surface area contributed by atoms with Gasteiger partial charge in [-0.2, -0.15) is 5.01 Å². The van der Waals surface area contributed by atoms with E-state index in [1.807, 2.05) is 6.92 Å². The summed E-state index contributed by atoms with van der Waals surface area (Å²) in [7, 11) is 1.49. The van der Waals surface area contributed by atoms with Crippen LogP contribution in [0.3, 0.4) is 0 Å². The van der Waals surface area contributed by atoms with Crippen molar-refractivity contribution in [3.8, 4) is 11.5 Å². The number of methoxy groups -OCH3 is 1. The Bertz CT molecular complexity index is 1400. The van der Waals surface area contributed by atoms with Crippen molar-refractivity contribution in [1.82, 2.24) is 10.4 Å². The van der Waals surface area contributed by atoms with Crippen LogP contribution >= 0.6 is 35.6 Å². The number of carbonyl (C=O) groups is 2. The minimum Gasteiger partial charge on any atom is -0.493 e. The van der Waals surface area contributed by atoms with Crippen molar-refractivity contribution >= 4 is 57.8 Å². The van der Waals surface area contributed by atoms with Gasteiger partial charge in [-0.05, 0) is 66.7 Å². The number of ether oxygens (including phenoxy) is 2. The van der Waals surface area contributed by atoms with Gasteiger partial charge < -0.3 is 9.47 Å². The summed E-state index contributed by atoms with van der Waals surface area (Å²) in [5.41, 5.74) is 4.73. The number of aryl methyl sites for hydroxylation is 1. The van der Waals surface area contributed by atoms with Crippen molar-refractivity contribution < 1.29 is 23.5 Å². The molecule has 10 heteroatoms. The summed E-state index contributed by atoms with van der Waals surface area (Å²) < 4.78 is 25.2. The Kier molecular flexibility index (Phi) is 7.93. The number of thiocarbonyl (C=S) groups is 1. The van der Waals surface area contributed by atoms with Gasteiger partial charge in [0.05, 0.1) is 22.6 Å². The zero-order chi connectivity index (χ0) is 25.8. The smallest absolute Gasteiger partial charge is 0.285 e. The highest BCUT2D eigenvalue weighted by Crippen LogP contribution is 2.34. The highest BCUT2D eigenvalue weighted by atomic mass is 35.5. The van der Waals surface area contributed by atoms with Gasteiger partial charge in [0, 0.05) is 5.56 Å². The maximum absolute atomic E-state index is 13.9. The van der Waals surface area contributed by atoms with Crippen LogP contribution in [0.2, 0.25) is 5.02 Å². The van der Waals surface area contributed by atoms with E-state index in [1.54, 1.807) is 60.7 Å². The third-order valence-corrected chi connectivity index (χ3v) is 6.82. The van der Waals surface area contributed by atoms with Crippen LogP contribution < -0.4 is 14.9 Å². The maximum Gasteiger partial charge on any atom is 0.285 e. The molecule has 3 aromatic rings. The van der Waals surface area contributed by atoms with Crippen LogP contribution in [0, 0.1) is 12.7 Å². The van der Waals surface area contributed by atoms with Gasteiger partial charge in [-0.1, -0.05) is 53.7 Å². The summed E-state index contributed by atoms with van der Waals surface area (Å²) in [5.74, 6) is -0.534. The molecule has 6 nitrogen and oxygen atoms in total. The number of thioether (sulfide) groups is 1. The van der Waals surface area contributed by atoms with Crippen LogP contribution in [-0.4, -0.2) is 28.3 Å². The van der Waals surface area contributed by atoms with Crippen LogP contribution in [-0.2, 0) is 11.4 Å². The molecule has 2 amide bonds. The van der Waals surface area contributed by atoms with Gasteiger partial charge in [0.25, 0.3) is 11.8 Å². The Labute approximate surface area is 222 Å². The fourth-order valence-corrected chi connectivity index (χ4v) is 4.85. The zero-order valence-corrected chi connectivity index (χ0v) is 21.6. The second-order valence-electron chi connectivity index (χ2n) is 7.73. The van der Waals surface area contributed by atoms with E-state index in [0.717, 1.165) is 22.3 Å². The van der Waals surface area contributed by atoms with E-state index in [4.69, 9.17) is 33.3 Å². The van der Waals surface area contributed by atoms with Gasteiger partial charge in [-0.25, -0.2) is 4.39 Å². The van der Waals surface area contributed by atoms with Crippen molar-refractivity contribution in [3.63, 3.8) is 0 Å². The maximum atomic E-state index is 13.9. The van der Waals surface area contributed by atoms with E-state index in [2.05, 4.69) is 5.43 Å². The van der Waals surface area contributed by atoms with Gasteiger partial charge in [-0.3, -0.25) is 15.0 Å². The Hall–Kier alpha value is -3.40. The van der Waals surface area contributed by atoms with Crippen molar-refractivity contribution in [2.45, 2.75) is 13.5 Å². The summed E-state index contributed by atoms with van der Waals surface area (Å²) in [5, 5.41) is 1.30. The van der Waals surface area contributed by atoms with Crippen molar-refractivity contribution in [2.75, 3.05) is 7.11 Å². The number of hydrogen-bond donors (Lipinski definition) is 1. The fraction of sp³-hybridized carbons (Fsp3) is 0.115. The fourth-order valence-electron chi connectivity index (χ4n) is 3.35. The standard InChI is InChI=1S/C26H20ClFN2O4S2/c1-15-7-9-18(19(27)11-15)24(31)29-30-25(32)23(36-26(30)35)13-16-8-10-21(22(12-16)33-2)34-14-17-5-3-4-6-20(17)28/h3-13H,14H2,1-2H3,(H,29,31)/b23-13+. The third kappa shape index (κ3) is 5.70. The van der Waals surface area contributed by atoms with E-state index in [1.165, 1.54) is 13.2 Å². The Balaban J connectivity index is 1.48. The van der Waals surface area contributed by atoms with Gasteiger partial charge in [0.15, 0.2) is 15.8 Å². The van der Waals surface area contributed by atoms with E-state index < -0.39 is 11.8 Å². The molecule has 3 aromatic carbocycles. The molecule has 0 bridgehead atoms. The monoisotopic (exact) mass is 542 g/mol. The molecule has 1 saturated heterocycles. The molecule has 36 heavy (non-hydrogen) atoms. The van der Waals surface area contributed by atoms with Gasteiger partial charge in [-0.15, -0.1) is 0 Å². The molecule has 1 N–H and O–H groups in total. The van der Waals surface area contributed by atoms with E-state index in [9.17, 15) is 14.0 Å². The largest absolute Gasteiger partial charge is 0.493 e. The molecular formula is C26H20ClFN2O4S2. The van der Waals surface area contributed by atoms with Crippen LogP contribution in [0.15, 0.2) is 65.6 Å². The Morgan fingerprint density at radius 2 is 1.94 bits per heavy atom. The number of halogens is 2. The summed E-state index contributed by atoms with van der Waals surface area (Å²) >= 11 is 12.5. The number of nitrogens with zero attached hydrogens (tertiary/aromatic N) is 1. The average Bonchev–Trinajstić information content (AvgIpc) is 3.11. The lowest BCUT2D eigenvalue weighted by Gasteiger charge is -2.16. The average molecular weight is 543 g/mol. The van der Waals surface area contributed by atoms with E-state index >= 15 is 0 Å². The van der Waals surface area contributed by atoms with Crippen LogP contribution in [0.1, 0.15) is 27.0 Å². The van der Waals surface area contributed by atoms with Crippen LogP contribution in [0.25, 0.3) is 6.08 Å². The number of nitrogens with one attached hydrogen (secondary N) is 1. The first kappa shape index (κ1) is 25.7. The van der Waals surface area contributed by atoms with Crippen LogP contribution in [0.5, 0.6) is 11.5 Å². The molecule has 4 rings (SSSR count). The SMILES string of the molecule is COc1cc(/C=C2/SC(=S)N(NC(=O)c3ccc(C)cc3Cl)C2=O)ccc1OCc1ccccc1F. The number of rotatable bonds is 7. The molecule has 0 aromatic heterocycles. The molecule has 1 heterocycles. The lowest BCUT2D eigenvalue weighted by Crippen LogP contribution is -2.44. The van der Waals surface area contributed by atoms with Crippen LogP contribution in [0.4, 0.5) is 4.39 Å². The minimum atomic E-state index is -0.546. The quantitative estimate of drug-likeness (QED) is 0.295. The number of amides is 2. The first-order valence-electron chi connectivity index (χ1n) is 10.7. The molecule has 0 radical (unpaired) electrons. The predicted molar refractivity (Wildman–Crippen MR) is 142 cm³/mol. The molecule has 0 atom stereocenters. The van der Waals surface area contributed by atoms with E-state index in [0.29, 0.717) is 27.5 Å². The molecule has 0 saturated carbocycles. The zero-order valence-electron chi connectivity index (χ0n) is 19.2. The predicted octanol–water partition coefficient (Wildman–Crippen LogP) is 5.92. The third-order valence-electron chi connectivity index (χ3n) is 5.20. The molecule has 184 valence electrons. The highest BCUT2D eigenvalue weighted by molar-refractivity contribution is 8.26. The molecule has 0 spiro atoms. The first-order valence-corrected chi connectivity index (χ1v) is 12.3. The molecule has 0 unspecified atom stereocenters. The Morgan fingerprint density at radius 1 is 1.17 bits per heavy atom. The summed E-state index contributed by atoms with van der Waals surface area (Å²) in [6.45, 7) is 1.89. The highest BCUT2D eigenvalue weighted by Gasteiger charge is 2.34. The first-order chi connectivity index (χ1) is 17.3. The second kappa shape index (κ2) is 11.1. The summed E-state index contributed by atoms with van der Waals surface area (Å²) in [6, 6.07) is 16.5. The minimum absolute atomic E-state index is 0.0335. The van der Waals surface area contributed by atoms with Crippen molar-refractivity contribution in [3.05, 3.63) is 98.7 Å². The lowest BCUT2D eigenvalue weighted by atomic mass is 10.1. The molecule has 1 aliphatic heterocycles. The van der Waals surface area contributed by atoms with Gasteiger partial charge >= 0.3 is 0 Å². The summed E-state index contributed by atoms with van der Waals surface area (Å²) in [6.07, 6.45) is 1.63. The van der Waals surface area contributed by atoms with Crippen molar-refractivity contribution in [2.24, 2.45) is 0 Å². The molecule has 1 fully saturated rings.